The Morgan fingerprint density at radius 1 is 1.28 bits per heavy atom. The first-order chi connectivity index (χ1) is 8.47. The number of hydrogen-bond acceptors (Lipinski definition) is 3. The number of carbonyl (C=O) groups excluding carboxylic acids is 1. The Labute approximate surface area is 114 Å². The Balaban J connectivity index is 2.21. The fourth-order valence-electron chi connectivity index (χ4n) is 1.50. The molecule has 0 spiro atoms. The molecule has 1 heterocycles. The van der Waals surface area contributed by atoms with E-state index < -0.39 is 0 Å². The maximum atomic E-state index is 11.9. The summed E-state index contributed by atoms with van der Waals surface area (Å²) >= 11 is 11.6. The Morgan fingerprint density at radius 2 is 2.00 bits per heavy atom. The van der Waals surface area contributed by atoms with Crippen molar-refractivity contribution in [3.05, 3.63) is 45.6 Å². The van der Waals surface area contributed by atoms with E-state index in [4.69, 9.17) is 27.6 Å². The average Bonchev–Trinajstić information content (AvgIpc) is 2.63. The molecular weight excluding hydrogens is 275 g/mol. The van der Waals surface area contributed by atoms with Gasteiger partial charge in [0.15, 0.2) is 5.89 Å². The Bertz CT molecular complexity index is 608. The lowest BCUT2D eigenvalue weighted by Crippen LogP contribution is -2.12. The van der Waals surface area contributed by atoms with Crippen molar-refractivity contribution < 1.29 is 9.21 Å². The minimum absolute atomic E-state index is 0.193. The summed E-state index contributed by atoms with van der Waals surface area (Å²) in [5, 5.41) is 3.47. The fourth-order valence-corrected chi connectivity index (χ4v) is 1.80. The van der Waals surface area contributed by atoms with Crippen LogP contribution in [-0.4, -0.2) is 10.9 Å². The van der Waals surface area contributed by atoms with Gasteiger partial charge in [-0.2, -0.15) is 0 Å². The molecule has 0 radical (unpaired) electrons. The van der Waals surface area contributed by atoms with E-state index >= 15 is 0 Å². The highest BCUT2D eigenvalue weighted by Gasteiger charge is 2.16. The summed E-state index contributed by atoms with van der Waals surface area (Å²) in [4.78, 5) is 16.0. The SMILES string of the molecule is Cc1nc(C)c(C(=O)Nc2ccc(Cl)c(Cl)c2)o1. The molecule has 0 saturated heterocycles. The van der Waals surface area contributed by atoms with Crippen LogP contribution in [0.3, 0.4) is 0 Å². The van der Waals surface area contributed by atoms with Gasteiger partial charge in [0.1, 0.15) is 0 Å². The number of nitrogens with one attached hydrogen (secondary N) is 1. The van der Waals surface area contributed by atoms with E-state index in [1.807, 2.05) is 0 Å². The molecular formula is C12H10Cl2N2O2. The molecule has 0 atom stereocenters. The van der Waals surface area contributed by atoms with Gasteiger partial charge in [-0.3, -0.25) is 4.79 Å². The van der Waals surface area contributed by atoms with Gasteiger partial charge in [-0.05, 0) is 25.1 Å². The second-order valence-electron chi connectivity index (χ2n) is 3.73. The molecule has 1 aromatic carbocycles. The summed E-state index contributed by atoms with van der Waals surface area (Å²) in [6.45, 7) is 3.39. The summed E-state index contributed by atoms with van der Waals surface area (Å²) in [5.41, 5.74) is 1.09. The molecule has 0 aliphatic heterocycles. The molecule has 0 bridgehead atoms. The van der Waals surface area contributed by atoms with Crippen LogP contribution in [0.15, 0.2) is 22.6 Å². The van der Waals surface area contributed by atoms with Gasteiger partial charge in [-0.15, -0.1) is 0 Å². The first kappa shape index (κ1) is 12.9. The number of hydrogen-bond donors (Lipinski definition) is 1. The molecule has 18 heavy (non-hydrogen) atoms. The minimum atomic E-state index is -0.369. The van der Waals surface area contributed by atoms with E-state index in [1.165, 1.54) is 0 Å². The molecule has 6 heteroatoms. The molecule has 1 amide bonds. The van der Waals surface area contributed by atoms with Gasteiger partial charge in [0, 0.05) is 12.6 Å². The number of carbonyl (C=O) groups is 1. The third-order valence-corrected chi connectivity index (χ3v) is 3.03. The maximum absolute atomic E-state index is 11.9. The van der Waals surface area contributed by atoms with Crippen molar-refractivity contribution in [1.82, 2.24) is 4.98 Å². The fraction of sp³-hybridized carbons (Fsp3) is 0.167. The van der Waals surface area contributed by atoms with Gasteiger partial charge in [-0.1, -0.05) is 23.2 Å². The normalized spacial score (nSPS) is 10.4. The average molecular weight is 285 g/mol. The van der Waals surface area contributed by atoms with E-state index in [1.54, 1.807) is 32.0 Å². The zero-order valence-electron chi connectivity index (χ0n) is 9.75. The third-order valence-electron chi connectivity index (χ3n) is 2.29. The molecule has 0 fully saturated rings. The number of benzene rings is 1. The lowest BCUT2D eigenvalue weighted by Gasteiger charge is -2.04. The van der Waals surface area contributed by atoms with Crippen molar-refractivity contribution >= 4 is 34.8 Å². The van der Waals surface area contributed by atoms with E-state index in [2.05, 4.69) is 10.3 Å². The molecule has 0 aliphatic rings. The Hall–Kier alpha value is -1.52. The Morgan fingerprint density at radius 3 is 2.56 bits per heavy atom. The summed E-state index contributed by atoms with van der Waals surface area (Å²) in [5.74, 6) is 0.275. The van der Waals surface area contributed by atoms with Crippen molar-refractivity contribution in [3.8, 4) is 0 Å². The van der Waals surface area contributed by atoms with E-state index in [0.717, 1.165) is 0 Å². The van der Waals surface area contributed by atoms with Crippen LogP contribution in [-0.2, 0) is 0 Å². The molecule has 94 valence electrons. The molecule has 1 N–H and O–H groups in total. The zero-order chi connectivity index (χ0) is 13.3. The number of rotatable bonds is 2. The van der Waals surface area contributed by atoms with Crippen molar-refractivity contribution in [2.75, 3.05) is 5.32 Å². The highest BCUT2D eigenvalue weighted by atomic mass is 35.5. The number of nitrogens with zero attached hydrogens (tertiary/aromatic N) is 1. The molecule has 2 rings (SSSR count). The van der Waals surface area contributed by atoms with Gasteiger partial charge < -0.3 is 9.73 Å². The standard InChI is InChI=1S/C12H10Cl2N2O2/c1-6-11(18-7(2)15-6)12(17)16-8-3-4-9(13)10(14)5-8/h3-5H,1-2H3,(H,16,17). The van der Waals surface area contributed by atoms with Gasteiger partial charge in [0.25, 0.3) is 5.91 Å². The van der Waals surface area contributed by atoms with Gasteiger partial charge in [0.05, 0.1) is 15.7 Å². The van der Waals surface area contributed by atoms with Crippen LogP contribution in [0.5, 0.6) is 0 Å². The summed E-state index contributed by atoms with van der Waals surface area (Å²) < 4.78 is 5.22. The summed E-state index contributed by atoms with van der Waals surface area (Å²) in [7, 11) is 0. The van der Waals surface area contributed by atoms with E-state index in [9.17, 15) is 4.79 Å². The van der Waals surface area contributed by atoms with Crippen LogP contribution in [0.4, 0.5) is 5.69 Å². The summed E-state index contributed by atoms with van der Waals surface area (Å²) in [6.07, 6.45) is 0. The van der Waals surface area contributed by atoms with Gasteiger partial charge >= 0.3 is 0 Å². The van der Waals surface area contributed by atoms with Gasteiger partial charge in [-0.25, -0.2) is 4.98 Å². The minimum Gasteiger partial charge on any atom is -0.436 e. The first-order valence-corrected chi connectivity index (χ1v) is 5.93. The number of oxazole rings is 1. The third kappa shape index (κ3) is 2.66. The highest BCUT2D eigenvalue weighted by molar-refractivity contribution is 6.42. The Kier molecular flexibility index (Phi) is 3.59. The largest absolute Gasteiger partial charge is 0.436 e. The smallest absolute Gasteiger partial charge is 0.293 e. The van der Waals surface area contributed by atoms with Crippen molar-refractivity contribution in [1.29, 1.82) is 0 Å². The molecule has 0 aliphatic carbocycles. The maximum Gasteiger partial charge on any atom is 0.293 e. The van der Waals surface area contributed by atoms with Gasteiger partial charge in [0.2, 0.25) is 5.76 Å². The second-order valence-corrected chi connectivity index (χ2v) is 4.54. The number of amides is 1. The predicted molar refractivity (Wildman–Crippen MR) is 70.4 cm³/mol. The number of halogens is 2. The quantitative estimate of drug-likeness (QED) is 0.911. The van der Waals surface area contributed by atoms with Crippen molar-refractivity contribution in [2.24, 2.45) is 0 Å². The summed E-state index contributed by atoms with van der Waals surface area (Å²) in [6, 6.07) is 4.84. The van der Waals surface area contributed by atoms with Crippen LogP contribution in [0.25, 0.3) is 0 Å². The number of aromatic nitrogens is 1. The first-order valence-electron chi connectivity index (χ1n) is 5.18. The molecule has 0 unspecified atom stereocenters. The molecule has 0 saturated carbocycles. The second kappa shape index (κ2) is 5.00. The topological polar surface area (TPSA) is 55.1 Å². The zero-order valence-corrected chi connectivity index (χ0v) is 11.3. The molecule has 1 aromatic heterocycles. The monoisotopic (exact) mass is 284 g/mol. The van der Waals surface area contributed by atoms with E-state index in [0.29, 0.717) is 27.3 Å². The van der Waals surface area contributed by atoms with Crippen molar-refractivity contribution in [2.45, 2.75) is 13.8 Å². The molecule has 2 aromatic rings. The van der Waals surface area contributed by atoms with Crippen molar-refractivity contribution in [3.63, 3.8) is 0 Å². The van der Waals surface area contributed by atoms with Crippen LogP contribution in [0, 0.1) is 13.8 Å². The number of aryl methyl sites for hydroxylation is 2. The molecule has 4 nitrogen and oxygen atoms in total. The highest BCUT2D eigenvalue weighted by Crippen LogP contribution is 2.25. The predicted octanol–water partition coefficient (Wildman–Crippen LogP) is 3.85. The van der Waals surface area contributed by atoms with Crippen LogP contribution in [0.2, 0.25) is 10.0 Å². The van der Waals surface area contributed by atoms with Crippen LogP contribution < -0.4 is 5.32 Å². The van der Waals surface area contributed by atoms with Crippen LogP contribution >= 0.6 is 23.2 Å². The lowest BCUT2D eigenvalue weighted by molar-refractivity contribution is 0.0994. The number of anilines is 1. The van der Waals surface area contributed by atoms with E-state index in [-0.39, 0.29) is 11.7 Å². The lowest BCUT2D eigenvalue weighted by atomic mass is 10.3. The van der Waals surface area contributed by atoms with Crippen LogP contribution in [0.1, 0.15) is 22.1 Å².